The number of hydrogen-bond donors (Lipinski definition) is 1. The zero-order valence-corrected chi connectivity index (χ0v) is 11.3. The van der Waals surface area contributed by atoms with Crippen LogP contribution in [0.5, 0.6) is 0 Å². The third kappa shape index (κ3) is 3.15. The van der Waals surface area contributed by atoms with Crippen LogP contribution in [-0.2, 0) is 0 Å². The van der Waals surface area contributed by atoms with Gasteiger partial charge in [0, 0.05) is 5.92 Å². The van der Waals surface area contributed by atoms with Gasteiger partial charge in [-0.3, -0.25) is 0 Å². The van der Waals surface area contributed by atoms with Crippen molar-refractivity contribution in [2.45, 2.75) is 38.0 Å². The normalized spacial score (nSPS) is 19.2. The fourth-order valence-corrected chi connectivity index (χ4v) is 3.11. The lowest BCUT2D eigenvalue weighted by molar-refractivity contribution is 0.196. The molecule has 1 unspecified atom stereocenters. The molecule has 1 atom stereocenters. The largest absolute Gasteiger partial charge is 0.396 e. The van der Waals surface area contributed by atoms with Gasteiger partial charge in [-0.1, -0.05) is 48.5 Å². The number of aliphatic hydroxyl groups excluding tert-OH is 1. The zero-order valence-electron chi connectivity index (χ0n) is 9.83. The second-order valence-electron chi connectivity index (χ2n) is 4.86. The first-order valence-corrected chi connectivity index (χ1v) is 7.03. The number of hydrogen-bond acceptors (Lipinski definition) is 1. The summed E-state index contributed by atoms with van der Waals surface area (Å²) in [7, 11) is 0. The van der Waals surface area contributed by atoms with Gasteiger partial charge in [-0.05, 0) is 36.5 Å². The fourth-order valence-electron chi connectivity index (χ4n) is 2.81. The molecule has 0 amide bonds. The summed E-state index contributed by atoms with van der Waals surface area (Å²) < 4.78 is 0. The maximum absolute atomic E-state index is 9.62. The van der Waals surface area contributed by atoms with E-state index in [9.17, 15) is 5.11 Å². The zero-order chi connectivity index (χ0) is 12.3. The first-order chi connectivity index (χ1) is 8.22. The molecule has 0 heterocycles. The molecule has 1 aliphatic rings. The molecule has 0 bridgehead atoms. The van der Waals surface area contributed by atoms with E-state index in [1.807, 2.05) is 18.2 Å². The Hall–Kier alpha value is -0.240. The van der Waals surface area contributed by atoms with E-state index in [4.69, 9.17) is 23.2 Å². The van der Waals surface area contributed by atoms with Crippen molar-refractivity contribution in [2.24, 2.45) is 5.92 Å². The molecule has 0 radical (unpaired) electrons. The van der Waals surface area contributed by atoms with Crippen molar-refractivity contribution in [3.8, 4) is 0 Å². The van der Waals surface area contributed by atoms with Crippen molar-refractivity contribution >= 4 is 23.2 Å². The van der Waals surface area contributed by atoms with Crippen LogP contribution in [0.1, 0.15) is 43.6 Å². The van der Waals surface area contributed by atoms with Crippen molar-refractivity contribution in [1.29, 1.82) is 0 Å². The van der Waals surface area contributed by atoms with Crippen LogP contribution in [0.4, 0.5) is 0 Å². The molecular weight excluding hydrogens is 255 g/mol. The van der Waals surface area contributed by atoms with Gasteiger partial charge in [-0.2, -0.15) is 0 Å². The third-order valence-corrected chi connectivity index (χ3v) is 4.53. The van der Waals surface area contributed by atoms with E-state index < -0.39 is 0 Å². The van der Waals surface area contributed by atoms with Crippen molar-refractivity contribution in [1.82, 2.24) is 0 Å². The van der Waals surface area contributed by atoms with E-state index in [2.05, 4.69) is 0 Å². The van der Waals surface area contributed by atoms with E-state index in [-0.39, 0.29) is 12.5 Å². The van der Waals surface area contributed by atoms with E-state index >= 15 is 0 Å². The minimum atomic E-state index is 0.197. The number of rotatable bonds is 3. The molecule has 1 aliphatic carbocycles. The number of benzene rings is 1. The average molecular weight is 273 g/mol. The predicted octanol–water partition coefficient (Wildman–Crippen LogP) is 4.65. The van der Waals surface area contributed by atoms with Gasteiger partial charge in [0.25, 0.3) is 0 Å². The standard InChI is InChI=1S/C14H18Cl2O/c15-13-7-6-11(8-14(13)16)12(9-17)10-4-2-1-3-5-10/h6-8,10,12,17H,1-5,9H2. The van der Waals surface area contributed by atoms with Crippen LogP contribution in [0.2, 0.25) is 10.0 Å². The van der Waals surface area contributed by atoms with Crippen molar-refractivity contribution in [3.63, 3.8) is 0 Å². The topological polar surface area (TPSA) is 20.2 Å². The van der Waals surface area contributed by atoms with Gasteiger partial charge in [-0.25, -0.2) is 0 Å². The molecule has 0 saturated heterocycles. The van der Waals surface area contributed by atoms with Crippen LogP contribution >= 0.6 is 23.2 Å². The molecule has 1 fully saturated rings. The molecule has 1 aromatic rings. The molecule has 1 saturated carbocycles. The maximum Gasteiger partial charge on any atom is 0.0595 e. The molecule has 0 spiro atoms. The second kappa shape index (κ2) is 6.08. The van der Waals surface area contributed by atoms with Gasteiger partial charge < -0.3 is 5.11 Å². The SMILES string of the molecule is OCC(c1ccc(Cl)c(Cl)c1)C1CCCCC1. The highest BCUT2D eigenvalue weighted by atomic mass is 35.5. The molecular formula is C14H18Cl2O. The summed E-state index contributed by atoms with van der Waals surface area (Å²) in [5.41, 5.74) is 1.12. The molecule has 0 aromatic heterocycles. The fraction of sp³-hybridized carbons (Fsp3) is 0.571. The highest BCUT2D eigenvalue weighted by Crippen LogP contribution is 2.37. The van der Waals surface area contributed by atoms with E-state index in [0.29, 0.717) is 16.0 Å². The van der Waals surface area contributed by atoms with Crippen LogP contribution in [0.3, 0.4) is 0 Å². The lowest BCUT2D eigenvalue weighted by Crippen LogP contribution is -2.19. The molecule has 0 aliphatic heterocycles. The monoisotopic (exact) mass is 272 g/mol. The molecule has 2 rings (SSSR count). The first kappa shape index (κ1) is 13.2. The molecule has 3 heteroatoms. The molecule has 1 nitrogen and oxygen atoms in total. The average Bonchev–Trinajstić information content (AvgIpc) is 2.36. The first-order valence-electron chi connectivity index (χ1n) is 6.28. The van der Waals surface area contributed by atoms with Crippen molar-refractivity contribution in [3.05, 3.63) is 33.8 Å². The Morgan fingerprint density at radius 2 is 1.82 bits per heavy atom. The highest BCUT2D eigenvalue weighted by Gasteiger charge is 2.24. The summed E-state index contributed by atoms with van der Waals surface area (Å²) in [6.07, 6.45) is 6.32. The number of aliphatic hydroxyl groups is 1. The molecule has 17 heavy (non-hydrogen) atoms. The highest BCUT2D eigenvalue weighted by molar-refractivity contribution is 6.42. The smallest absolute Gasteiger partial charge is 0.0595 e. The van der Waals surface area contributed by atoms with Gasteiger partial charge in [0.15, 0.2) is 0 Å². The van der Waals surface area contributed by atoms with Gasteiger partial charge in [0.1, 0.15) is 0 Å². The van der Waals surface area contributed by atoms with Crippen LogP contribution in [0.25, 0.3) is 0 Å². The lowest BCUT2D eigenvalue weighted by atomic mass is 9.77. The Labute approximate surface area is 113 Å². The summed E-state index contributed by atoms with van der Waals surface area (Å²) in [5, 5.41) is 10.8. The summed E-state index contributed by atoms with van der Waals surface area (Å²) in [5.74, 6) is 0.802. The summed E-state index contributed by atoms with van der Waals surface area (Å²) in [6.45, 7) is 0.197. The Balaban J connectivity index is 2.18. The van der Waals surface area contributed by atoms with Crippen molar-refractivity contribution in [2.75, 3.05) is 6.61 Å². The van der Waals surface area contributed by atoms with Crippen LogP contribution < -0.4 is 0 Å². The van der Waals surface area contributed by atoms with Crippen LogP contribution in [-0.4, -0.2) is 11.7 Å². The Morgan fingerprint density at radius 3 is 2.41 bits per heavy atom. The maximum atomic E-state index is 9.62. The minimum Gasteiger partial charge on any atom is -0.396 e. The van der Waals surface area contributed by atoms with E-state index in [0.717, 1.165) is 5.56 Å². The summed E-state index contributed by atoms with van der Waals surface area (Å²) in [6, 6.07) is 5.72. The minimum absolute atomic E-state index is 0.197. The lowest BCUT2D eigenvalue weighted by Gasteiger charge is -2.29. The van der Waals surface area contributed by atoms with Gasteiger partial charge in [0.05, 0.1) is 16.7 Å². The third-order valence-electron chi connectivity index (χ3n) is 3.79. The Bertz CT molecular complexity index is 372. The van der Waals surface area contributed by atoms with E-state index in [1.54, 1.807) is 0 Å². The summed E-state index contributed by atoms with van der Waals surface area (Å²) >= 11 is 12.0. The summed E-state index contributed by atoms with van der Waals surface area (Å²) in [4.78, 5) is 0. The van der Waals surface area contributed by atoms with Gasteiger partial charge >= 0.3 is 0 Å². The predicted molar refractivity (Wildman–Crippen MR) is 72.9 cm³/mol. The van der Waals surface area contributed by atoms with Gasteiger partial charge in [0.2, 0.25) is 0 Å². The van der Waals surface area contributed by atoms with Crippen LogP contribution in [0.15, 0.2) is 18.2 Å². The Kier molecular flexibility index (Phi) is 4.72. The van der Waals surface area contributed by atoms with E-state index in [1.165, 1.54) is 32.1 Å². The second-order valence-corrected chi connectivity index (χ2v) is 5.68. The van der Waals surface area contributed by atoms with Crippen molar-refractivity contribution < 1.29 is 5.11 Å². The Morgan fingerprint density at radius 1 is 1.12 bits per heavy atom. The molecule has 1 N–H and O–H groups in total. The van der Waals surface area contributed by atoms with Gasteiger partial charge in [-0.15, -0.1) is 0 Å². The number of halogens is 2. The molecule has 94 valence electrons. The van der Waals surface area contributed by atoms with Crippen LogP contribution in [0, 0.1) is 5.92 Å². The quantitative estimate of drug-likeness (QED) is 0.849. The molecule has 1 aromatic carbocycles.